The topological polar surface area (TPSA) is 85.3 Å². The maximum Gasteiger partial charge on any atom is 0.339 e. The average Bonchev–Trinajstić information content (AvgIpc) is 3.24. The number of nitrogens with zero attached hydrogens (tertiary/aromatic N) is 5. The summed E-state index contributed by atoms with van der Waals surface area (Å²) in [5.41, 5.74) is 2.24. The first-order chi connectivity index (χ1) is 11.2. The highest BCUT2D eigenvalue weighted by atomic mass is 16.4. The second-order valence-electron chi connectivity index (χ2n) is 4.95. The van der Waals surface area contributed by atoms with Gasteiger partial charge in [0.1, 0.15) is 5.56 Å². The number of hydrogen-bond donors (Lipinski definition) is 1. The molecule has 0 saturated heterocycles. The van der Waals surface area contributed by atoms with Gasteiger partial charge < -0.3 is 9.67 Å². The van der Waals surface area contributed by atoms with Crippen LogP contribution in [0.3, 0.4) is 0 Å². The van der Waals surface area contributed by atoms with Crippen LogP contribution in [0, 0.1) is 0 Å². The molecule has 3 heterocycles. The maximum absolute atomic E-state index is 11.2. The summed E-state index contributed by atoms with van der Waals surface area (Å²) in [6, 6.07) is 10.8. The Hall–Kier alpha value is -3.48. The Bertz CT molecular complexity index is 987. The smallest absolute Gasteiger partial charge is 0.339 e. The standard InChI is InChI=1S/C16H11N5O2/c22-16(23)13-2-1-8-21-15(13)18-14(19-21)11-3-5-12(6-4-11)20-9-7-17-10-20/h1-10H,(H,22,23). The lowest BCUT2D eigenvalue weighted by Crippen LogP contribution is -2.00. The van der Waals surface area contributed by atoms with E-state index in [1.165, 1.54) is 10.6 Å². The molecule has 0 aliphatic carbocycles. The van der Waals surface area contributed by atoms with Crippen LogP contribution in [0.1, 0.15) is 10.4 Å². The van der Waals surface area contributed by atoms with E-state index in [0.29, 0.717) is 11.5 Å². The Labute approximate surface area is 130 Å². The highest BCUT2D eigenvalue weighted by Crippen LogP contribution is 2.20. The molecular formula is C16H11N5O2. The molecule has 0 bridgehead atoms. The van der Waals surface area contributed by atoms with Crippen molar-refractivity contribution in [3.8, 4) is 17.1 Å². The van der Waals surface area contributed by atoms with Crippen molar-refractivity contribution in [2.45, 2.75) is 0 Å². The van der Waals surface area contributed by atoms with Gasteiger partial charge >= 0.3 is 5.97 Å². The second-order valence-corrected chi connectivity index (χ2v) is 4.95. The highest BCUT2D eigenvalue weighted by Gasteiger charge is 2.13. The van der Waals surface area contributed by atoms with Gasteiger partial charge in [-0.3, -0.25) is 0 Å². The van der Waals surface area contributed by atoms with E-state index in [1.807, 2.05) is 35.0 Å². The minimum atomic E-state index is -1.02. The van der Waals surface area contributed by atoms with Gasteiger partial charge in [0.25, 0.3) is 0 Å². The zero-order valence-electron chi connectivity index (χ0n) is 11.9. The van der Waals surface area contributed by atoms with Crippen molar-refractivity contribution in [2.75, 3.05) is 0 Å². The van der Waals surface area contributed by atoms with Gasteiger partial charge in [-0.15, -0.1) is 5.10 Å². The number of carboxylic acid groups (broad SMARTS) is 1. The van der Waals surface area contributed by atoms with Crippen LogP contribution in [-0.2, 0) is 0 Å². The maximum atomic E-state index is 11.2. The van der Waals surface area contributed by atoms with E-state index < -0.39 is 5.97 Å². The molecule has 0 aliphatic heterocycles. The fourth-order valence-electron chi connectivity index (χ4n) is 2.39. The lowest BCUT2D eigenvalue weighted by atomic mass is 10.2. The zero-order valence-corrected chi connectivity index (χ0v) is 11.9. The number of pyridine rings is 1. The molecule has 4 aromatic rings. The minimum Gasteiger partial charge on any atom is -0.478 e. The van der Waals surface area contributed by atoms with E-state index in [1.54, 1.807) is 24.8 Å². The third-order valence-corrected chi connectivity index (χ3v) is 3.52. The van der Waals surface area contributed by atoms with Gasteiger partial charge in [0, 0.05) is 29.8 Å². The number of aromatic nitrogens is 5. The molecule has 7 nitrogen and oxygen atoms in total. The van der Waals surface area contributed by atoms with Crippen LogP contribution >= 0.6 is 0 Å². The van der Waals surface area contributed by atoms with E-state index in [0.717, 1.165) is 11.3 Å². The van der Waals surface area contributed by atoms with Crippen LogP contribution in [0.15, 0.2) is 61.3 Å². The largest absolute Gasteiger partial charge is 0.478 e. The summed E-state index contributed by atoms with van der Waals surface area (Å²) in [6.07, 6.45) is 6.97. The van der Waals surface area contributed by atoms with Crippen molar-refractivity contribution in [2.24, 2.45) is 0 Å². The first kappa shape index (κ1) is 13.2. The number of carboxylic acids is 1. The third kappa shape index (κ3) is 2.24. The summed E-state index contributed by atoms with van der Waals surface area (Å²) >= 11 is 0. The second kappa shape index (κ2) is 5.06. The van der Waals surface area contributed by atoms with Crippen molar-refractivity contribution in [1.29, 1.82) is 0 Å². The molecule has 0 fully saturated rings. The van der Waals surface area contributed by atoms with Crippen molar-refractivity contribution in [3.05, 3.63) is 66.9 Å². The monoisotopic (exact) mass is 305 g/mol. The Morgan fingerprint density at radius 3 is 2.61 bits per heavy atom. The van der Waals surface area contributed by atoms with Gasteiger partial charge in [-0.05, 0) is 36.4 Å². The van der Waals surface area contributed by atoms with Crippen molar-refractivity contribution >= 4 is 11.6 Å². The van der Waals surface area contributed by atoms with Gasteiger partial charge in [0.05, 0.1) is 6.33 Å². The molecular weight excluding hydrogens is 294 g/mol. The van der Waals surface area contributed by atoms with E-state index in [-0.39, 0.29) is 5.56 Å². The Balaban J connectivity index is 1.77. The van der Waals surface area contributed by atoms with Crippen LogP contribution in [0.25, 0.3) is 22.7 Å². The van der Waals surface area contributed by atoms with Crippen LogP contribution in [0.5, 0.6) is 0 Å². The summed E-state index contributed by atoms with van der Waals surface area (Å²) in [6.45, 7) is 0. The predicted molar refractivity (Wildman–Crippen MR) is 82.5 cm³/mol. The molecule has 23 heavy (non-hydrogen) atoms. The highest BCUT2D eigenvalue weighted by molar-refractivity contribution is 5.94. The molecule has 1 aromatic carbocycles. The normalized spacial score (nSPS) is 11.0. The Morgan fingerprint density at radius 1 is 1.09 bits per heavy atom. The van der Waals surface area contributed by atoms with Gasteiger partial charge in [-0.2, -0.15) is 0 Å². The predicted octanol–water partition coefficient (Wildman–Crippen LogP) is 2.28. The Kier molecular flexibility index (Phi) is 2.90. The molecule has 0 amide bonds. The summed E-state index contributed by atoms with van der Waals surface area (Å²) in [7, 11) is 0. The average molecular weight is 305 g/mol. The molecule has 7 heteroatoms. The summed E-state index contributed by atoms with van der Waals surface area (Å²) in [5, 5.41) is 13.6. The summed E-state index contributed by atoms with van der Waals surface area (Å²) in [4.78, 5) is 19.6. The van der Waals surface area contributed by atoms with E-state index >= 15 is 0 Å². The molecule has 3 aromatic heterocycles. The van der Waals surface area contributed by atoms with Crippen molar-refractivity contribution in [1.82, 2.24) is 24.1 Å². The molecule has 0 aliphatic rings. The SMILES string of the molecule is O=C(O)c1cccn2nc(-c3ccc(-n4ccnc4)cc3)nc12. The van der Waals surface area contributed by atoms with Gasteiger partial charge in [0.2, 0.25) is 0 Å². The van der Waals surface area contributed by atoms with Crippen LogP contribution in [0.4, 0.5) is 0 Å². The molecule has 0 atom stereocenters. The number of hydrogen-bond acceptors (Lipinski definition) is 4. The Morgan fingerprint density at radius 2 is 1.91 bits per heavy atom. The number of benzene rings is 1. The molecule has 4 rings (SSSR count). The number of aromatic carboxylic acids is 1. The zero-order chi connectivity index (χ0) is 15.8. The first-order valence-electron chi connectivity index (χ1n) is 6.90. The van der Waals surface area contributed by atoms with Crippen LogP contribution in [-0.4, -0.2) is 35.2 Å². The summed E-state index contributed by atoms with van der Waals surface area (Å²) < 4.78 is 3.37. The summed E-state index contributed by atoms with van der Waals surface area (Å²) in [5.74, 6) is -0.541. The first-order valence-corrected chi connectivity index (χ1v) is 6.90. The minimum absolute atomic E-state index is 0.126. The van der Waals surface area contributed by atoms with Crippen molar-refractivity contribution in [3.63, 3.8) is 0 Å². The quantitative estimate of drug-likeness (QED) is 0.627. The molecule has 0 saturated carbocycles. The molecule has 1 N–H and O–H groups in total. The van der Waals surface area contributed by atoms with Crippen LogP contribution in [0.2, 0.25) is 0 Å². The van der Waals surface area contributed by atoms with Crippen molar-refractivity contribution < 1.29 is 9.90 Å². The van der Waals surface area contributed by atoms with Gasteiger partial charge in [-0.1, -0.05) is 0 Å². The van der Waals surface area contributed by atoms with Crippen LogP contribution < -0.4 is 0 Å². The number of carbonyl (C=O) groups is 1. The molecule has 0 radical (unpaired) electrons. The van der Waals surface area contributed by atoms with E-state index in [2.05, 4.69) is 15.1 Å². The van der Waals surface area contributed by atoms with E-state index in [9.17, 15) is 9.90 Å². The van der Waals surface area contributed by atoms with E-state index in [4.69, 9.17) is 0 Å². The fraction of sp³-hybridized carbons (Fsp3) is 0. The molecule has 0 spiro atoms. The number of rotatable bonds is 3. The van der Waals surface area contributed by atoms with Gasteiger partial charge in [-0.25, -0.2) is 19.3 Å². The number of fused-ring (bicyclic) bond motifs is 1. The fourth-order valence-corrected chi connectivity index (χ4v) is 2.39. The molecule has 112 valence electrons. The lowest BCUT2D eigenvalue weighted by Gasteiger charge is -2.02. The molecule has 0 unspecified atom stereocenters. The number of imidazole rings is 1. The third-order valence-electron chi connectivity index (χ3n) is 3.52. The van der Waals surface area contributed by atoms with Gasteiger partial charge in [0.15, 0.2) is 11.5 Å². The lowest BCUT2D eigenvalue weighted by molar-refractivity contribution is 0.0698.